The molecule has 1 saturated carbocycles. The second-order valence-electron chi connectivity index (χ2n) is 8.82. The Morgan fingerprint density at radius 3 is 2.85 bits per heavy atom. The Balaban J connectivity index is 1.41. The predicted molar refractivity (Wildman–Crippen MR) is 126 cm³/mol. The topological polar surface area (TPSA) is 130 Å². The van der Waals surface area contributed by atoms with Crippen molar-refractivity contribution in [2.75, 3.05) is 37.1 Å². The molecule has 3 fully saturated rings. The number of nitrogens with one attached hydrogen (secondary N) is 2. The molecule has 2 aliphatic heterocycles. The van der Waals surface area contributed by atoms with Gasteiger partial charge in [0.25, 0.3) is 0 Å². The second kappa shape index (κ2) is 9.27. The minimum Gasteiger partial charge on any atom is -0.486 e. The number of fused-ring (bicyclic) bond motifs is 2. The van der Waals surface area contributed by atoms with Gasteiger partial charge >= 0.3 is 12.0 Å². The van der Waals surface area contributed by atoms with Crippen LogP contribution < -0.4 is 19.7 Å². The molecule has 11 heteroatoms. The van der Waals surface area contributed by atoms with Crippen molar-refractivity contribution < 1.29 is 24.1 Å². The van der Waals surface area contributed by atoms with Gasteiger partial charge in [0.15, 0.2) is 0 Å². The number of methoxy groups -OCH3 is 1. The molecule has 1 aromatic carbocycles. The monoisotopic (exact) mass is 487 g/mol. The van der Waals surface area contributed by atoms with Gasteiger partial charge in [-0.3, -0.25) is 4.79 Å². The Bertz CT molecular complexity index is 1110. The number of halogens is 1. The van der Waals surface area contributed by atoms with E-state index in [0.29, 0.717) is 59.8 Å². The number of carbonyl (C=O) groups is 1. The van der Waals surface area contributed by atoms with Gasteiger partial charge in [-0.15, -0.1) is 0 Å². The van der Waals surface area contributed by atoms with Gasteiger partial charge in [-0.25, -0.2) is 0 Å². The van der Waals surface area contributed by atoms with Crippen molar-refractivity contribution in [3.8, 4) is 11.8 Å². The van der Waals surface area contributed by atoms with Crippen LogP contribution >= 0.6 is 11.6 Å². The highest BCUT2D eigenvalue weighted by Crippen LogP contribution is 2.44. The van der Waals surface area contributed by atoms with E-state index in [2.05, 4.69) is 20.2 Å². The SMILES string of the molecule is COc1nc(Nc2cc(O[C@@H]3CCOC3)c(Cl)cc2C=N)cc(N2CC3CC2CC3C(=O)O)n1. The van der Waals surface area contributed by atoms with Gasteiger partial charge in [0.1, 0.15) is 23.5 Å². The molecular weight excluding hydrogens is 462 g/mol. The standard InChI is InChI=1S/C23H26ClN5O5/c1-32-23-27-20(8-21(28-23)29-10-13-4-14(29)6-16(13)22(30)31)26-18-7-19(17(24)5-12(18)9-25)34-15-2-3-33-11-15/h5,7-9,13-16,25H,2-4,6,10-11H2,1H3,(H,30,31)(H,26,27,28)/t13?,14?,15-,16?/m1/s1. The fourth-order valence-electron chi connectivity index (χ4n) is 5.06. The molecule has 34 heavy (non-hydrogen) atoms. The molecule has 3 N–H and O–H groups in total. The minimum atomic E-state index is -0.723. The summed E-state index contributed by atoms with van der Waals surface area (Å²) in [7, 11) is 1.50. The van der Waals surface area contributed by atoms with Crippen molar-refractivity contribution in [1.29, 1.82) is 5.41 Å². The number of aromatic nitrogens is 2. The van der Waals surface area contributed by atoms with Gasteiger partial charge in [-0.05, 0) is 24.8 Å². The van der Waals surface area contributed by atoms with Crippen molar-refractivity contribution in [1.82, 2.24) is 9.97 Å². The summed E-state index contributed by atoms with van der Waals surface area (Å²) in [5, 5.41) is 20.9. The first-order valence-corrected chi connectivity index (χ1v) is 11.6. The number of hydrogen-bond donors (Lipinski definition) is 3. The van der Waals surface area contributed by atoms with Crippen LogP contribution in [0.15, 0.2) is 18.2 Å². The molecule has 3 unspecified atom stereocenters. The first-order valence-electron chi connectivity index (χ1n) is 11.2. The van der Waals surface area contributed by atoms with Crippen LogP contribution in [0.25, 0.3) is 0 Å². The lowest BCUT2D eigenvalue weighted by Crippen LogP contribution is -2.38. The average Bonchev–Trinajstić information content (AvgIpc) is 3.58. The maximum absolute atomic E-state index is 11.5. The summed E-state index contributed by atoms with van der Waals surface area (Å²) < 4.78 is 16.7. The number of anilines is 3. The maximum atomic E-state index is 11.5. The highest BCUT2D eigenvalue weighted by molar-refractivity contribution is 6.32. The molecule has 0 spiro atoms. The highest BCUT2D eigenvalue weighted by Gasteiger charge is 2.48. The maximum Gasteiger partial charge on any atom is 0.320 e. The van der Waals surface area contributed by atoms with Gasteiger partial charge in [0.05, 0.1) is 37.0 Å². The van der Waals surface area contributed by atoms with E-state index < -0.39 is 5.97 Å². The summed E-state index contributed by atoms with van der Waals surface area (Å²) in [6.07, 6.45) is 3.38. The van der Waals surface area contributed by atoms with Crippen LogP contribution in [-0.2, 0) is 9.53 Å². The number of benzene rings is 1. The summed E-state index contributed by atoms with van der Waals surface area (Å²) in [5.74, 6) is 0.757. The Morgan fingerprint density at radius 1 is 1.35 bits per heavy atom. The van der Waals surface area contributed by atoms with Crippen molar-refractivity contribution in [2.24, 2.45) is 11.8 Å². The lowest BCUT2D eigenvalue weighted by Gasteiger charge is -2.31. The average molecular weight is 488 g/mol. The zero-order valence-corrected chi connectivity index (χ0v) is 19.4. The Hall–Kier alpha value is -3.11. The molecule has 1 aliphatic carbocycles. The number of rotatable bonds is 8. The third-order valence-corrected chi connectivity index (χ3v) is 7.03. The Labute approximate surface area is 201 Å². The molecule has 0 amide bonds. The van der Waals surface area contributed by atoms with E-state index in [1.54, 1.807) is 12.1 Å². The van der Waals surface area contributed by atoms with Gasteiger partial charge in [-0.2, -0.15) is 9.97 Å². The minimum absolute atomic E-state index is 0.0675. The number of carboxylic acids is 1. The Kier molecular flexibility index (Phi) is 6.18. The highest BCUT2D eigenvalue weighted by atomic mass is 35.5. The summed E-state index contributed by atoms with van der Waals surface area (Å²) in [4.78, 5) is 22.6. The first kappa shape index (κ1) is 22.7. The molecule has 180 valence electrons. The third kappa shape index (κ3) is 4.35. The number of ether oxygens (including phenoxy) is 3. The molecule has 1 aromatic heterocycles. The molecule has 5 rings (SSSR count). The van der Waals surface area contributed by atoms with E-state index in [1.807, 2.05) is 6.07 Å². The van der Waals surface area contributed by atoms with E-state index >= 15 is 0 Å². The zero-order valence-electron chi connectivity index (χ0n) is 18.7. The lowest BCUT2D eigenvalue weighted by molar-refractivity contribution is -0.143. The number of aliphatic carboxylic acids is 1. The molecule has 3 heterocycles. The van der Waals surface area contributed by atoms with Crippen molar-refractivity contribution in [3.63, 3.8) is 0 Å². The largest absolute Gasteiger partial charge is 0.486 e. The molecular formula is C23H26ClN5O5. The third-order valence-electron chi connectivity index (χ3n) is 6.73. The van der Waals surface area contributed by atoms with E-state index in [4.69, 9.17) is 31.2 Å². The summed E-state index contributed by atoms with van der Waals surface area (Å²) in [5.41, 5.74) is 1.18. The van der Waals surface area contributed by atoms with Crippen LogP contribution in [0, 0.1) is 17.2 Å². The molecule has 2 aromatic rings. The molecule has 3 aliphatic rings. The molecule has 2 saturated heterocycles. The van der Waals surface area contributed by atoms with Crippen LogP contribution in [0.4, 0.5) is 17.3 Å². The van der Waals surface area contributed by atoms with Crippen LogP contribution in [0.5, 0.6) is 11.8 Å². The van der Waals surface area contributed by atoms with Gasteiger partial charge in [0, 0.05) is 42.9 Å². The van der Waals surface area contributed by atoms with E-state index in [1.165, 1.54) is 13.3 Å². The molecule has 4 atom stereocenters. The van der Waals surface area contributed by atoms with Gasteiger partial charge in [-0.1, -0.05) is 11.6 Å². The first-order chi connectivity index (χ1) is 16.4. The number of hydrogen-bond acceptors (Lipinski definition) is 9. The van der Waals surface area contributed by atoms with E-state index in [9.17, 15) is 9.90 Å². The van der Waals surface area contributed by atoms with E-state index in [0.717, 1.165) is 12.8 Å². The number of nitrogens with zero attached hydrogens (tertiary/aromatic N) is 3. The van der Waals surface area contributed by atoms with Gasteiger partial charge < -0.3 is 34.9 Å². The smallest absolute Gasteiger partial charge is 0.320 e. The molecule has 10 nitrogen and oxygen atoms in total. The van der Waals surface area contributed by atoms with Crippen LogP contribution in [0.1, 0.15) is 24.8 Å². The normalized spacial score (nSPS) is 25.4. The summed E-state index contributed by atoms with van der Waals surface area (Å²) >= 11 is 6.40. The van der Waals surface area contributed by atoms with Gasteiger partial charge in [0.2, 0.25) is 0 Å². The van der Waals surface area contributed by atoms with Crippen molar-refractivity contribution in [2.45, 2.75) is 31.4 Å². The number of piperidine rings is 1. The quantitative estimate of drug-likeness (QED) is 0.480. The predicted octanol–water partition coefficient (Wildman–Crippen LogP) is 3.35. The summed E-state index contributed by atoms with van der Waals surface area (Å²) in [6, 6.07) is 5.56. The van der Waals surface area contributed by atoms with E-state index in [-0.39, 0.29) is 30.0 Å². The molecule has 0 radical (unpaired) electrons. The number of carboxylic acid groups (broad SMARTS) is 1. The van der Waals surface area contributed by atoms with Crippen molar-refractivity contribution in [3.05, 3.63) is 28.8 Å². The second-order valence-corrected chi connectivity index (χ2v) is 9.23. The fourth-order valence-corrected chi connectivity index (χ4v) is 5.28. The zero-order chi connectivity index (χ0) is 23.8. The van der Waals surface area contributed by atoms with Crippen LogP contribution in [0.3, 0.4) is 0 Å². The van der Waals surface area contributed by atoms with Crippen LogP contribution in [-0.4, -0.2) is 66.3 Å². The Morgan fingerprint density at radius 2 is 2.21 bits per heavy atom. The van der Waals surface area contributed by atoms with Crippen molar-refractivity contribution >= 4 is 41.1 Å². The van der Waals surface area contributed by atoms with Crippen LogP contribution in [0.2, 0.25) is 5.02 Å². The summed E-state index contributed by atoms with van der Waals surface area (Å²) in [6.45, 7) is 1.80. The molecule has 2 bridgehead atoms. The lowest BCUT2D eigenvalue weighted by atomic mass is 9.95. The fraction of sp³-hybridized carbons (Fsp3) is 0.478.